The van der Waals surface area contributed by atoms with Gasteiger partial charge in [0.15, 0.2) is 15.5 Å². The molecule has 3 heterocycles. The average Bonchev–Trinajstić information content (AvgIpc) is 3.06. The fourth-order valence-corrected chi connectivity index (χ4v) is 4.63. The Bertz CT molecular complexity index is 1590. The molecule has 182 valence electrons. The van der Waals surface area contributed by atoms with Gasteiger partial charge < -0.3 is 20.2 Å². The summed E-state index contributed by atoms with van der Waals surface area (Å²) in [6.45, 7) is 1.71. The van der Waals surface area contributed by atoms with Crippen molar-refractivity contribution in [2.24, 2.45) is 13.0 Å². The van der Waals surface area contributed by atoms with Gasteiger partial charge >= 0.3 is 0 Å². The van der Waals surface area contributed by atoms with Crippen molar-refractivity contribution < 1.29 is 22.0 Å². The van der Waals surface area contributed by atoms with Crippen molar-refractivity contribution in [2.75, 3.05) is 16.9 Å². The van der Waals surface area contributed by atoms with Crippen molar-refractivity contribution in [2.45, 2.75) is 24.2 Å². The number of benzene rings is 1. The molecule has 10 nitrogen and oxygen atoms in total. The van der Waals surface area contributed by atoms with Crippen LogP contribution in [0.1, 0.15) is 12.2 Å². The molecule has 1 atom stereocenters. The van der Waals surface area contributed by atoms with Gasteiger partial charge in [0.1, 0.15) is 23.1 Å². The van der Waals surface area contributed by atoms with Crippen molar-refractivity contribution in [3.8, 4) is 11.3 Å². The third-order valence-electron chi connectivity index (χ3n) is 5.62. The number of hydrogen-bond acceptors (Lipinski definition) is 7. The Hall–Kier alpha value is -3.87. The second-order valence-corrected chi connectivity index (χ2v) is 10.6. The lowest BCUT2D eigenvalue weighted by molar-refractivity contribution is -0.119. The second kappa shape index (κ2) is 7.83. The van der Waals surface area contributed by atoms with E-state index in [-0.39, 0.29) is 16.4 Å². The van der Waals surface area contributed by atoms with Gasteiger partial charge in [-0.25, -0.2) is 32.2 Å². The Balaban J connectivity index is 1.55. The van der Waals surface area contributed by atoms with E-state index in [9.17, 15) is 22.0 Å². The van der Waals surface area contributed by atoms with E-state index in [1.54, 1.807) is 36.1 Å². The van der Waals surface area contributed by atoms with Crippen LogP contribution in [0.4, 0.5) is 26.0 Å². The Morgan fingerprint density at radius 1 is 1.23 bits per heavy atom. The molecule has 0 aliphatic heterocycles. The van der Waals surface area contributed by atoms with Crippen LogP contribution in [0.3, 0.4) is 0 Å². The molecule has 4 aromatic rings. The molecule has 1 saturated carbocycles. The number of sulfone groups is 1. The topological polar surface area (TPSA) is 135 Å². The number of carbonyl (C=O) groups excluding carboxylic acids is 1. The maximum atomic E-state index is 13.3. The highest BCUT2D eigenvalue weighted by atomic mass is 32.2. The van der Waals surface area contributed by atoms with Gasteiger partial charge in [-0.3, -0.25) is 4.79 Å². The lowest BCUT2D eigenvalue weighted by Gasteiger charge is -2.14. The highest BCUT2D eigenvalue weighted by Crippen LogP contribution is 2.49. The zero-order chi connectivity index (χ0) is 25.1. The third kappa shape index (κ3) is 4.46. The molecule has 1 aliphatic rings. The number of aryl methyl sites for hydroxylation is 2. The largest absolute Gasteiger partial charge is 0.352 e. The van der Waals surface area contributed by atoms with E-state index in [1.807, 2.05) is 7.05 Å². The number of halogens is 2. The molecule has 5 rings (SSSR count). The minimum Gasteiger partial charge on any atom is -0.352 e. The molecule has 1 fully saturated rings. The minimum atomic E-state index is -3.66. The van der Waals surface area contributed by atoms with Crippen LogP contribution in [0, 0.1) is 12.8 Å². The number of alkyl halides is 2. The predicted molar refractivity (Wildman–Crippen MR) is 125 cm³/mol. The summed E-state index contributed by atoms with van der Waals surface area (Å²) in [6.07, 6.45) is 3.97. The molecule has 0 unspecified atom stereocenters. The van der Waals surface area contributed by atoms with Crippen LogP contribution < -0.4 is 10.6 Å². The summed E-state index contributed by atoms with van der Waals surface area (Å²) in [5.41, 5.74) is 2.53. The standard InChI is InChI=1S/C22H21F2N7O3S/c1-11-26-19-15(7-18(29-20(19)27-11)30-21(32)13-8-22(13,23)24)28-14-5-4-12(6-17(14)35(3,33)34)16-9-31(2)10-25-16/h4-7,9-10,13H,8H2,1-3H3,(H3,26,27,28,29,30,32)/t13-/m0/s1. The number of rotatable bonds is 6. The van der Waals surface area contributed by atoms with E-state index < -0.39 is 34.0 Å². The summed E-state index contributed by atoms with van der Waals surface area (Å²) in [5, 5.41) is 5.49. The number of amides is 1. The molecule has 0 spiro atoms. The van der Waals surface area contributed by atoms with E-state index in [0.717, 1.165) is 6.26 Å². The van der Waals surface area contributed by atoms with Crippen LogP contribution in [0.15, 0.2) is 41.7 Å². The van der Waals surface area contributed by atoms with Crippen LogP contribution in [-0.2, 0) is 21.7 Å². The highest BCUT2D eigenvalue weighted by molar-refractivity contribution is 7.90. The lowest BCUT2D eigenvalue weighted by atomic mass is 10.1. The summed E-state index contributed by atoms with van der Waals surface area (Å²) in [5.74, 6) is -4.68. The number of aromatic nitrogens is 5. The van der Waals surface area contributed by atoms with Gasteiger partial charge in [0.2, 0.25) is 5.91 Å². The Labute approximate surface area is 198 Å². The van der Waals surface area contributed by atoms with Gasteiger partial charge in [0.05, 0.1) is 28.3 Å². The molecule has 0 bridgehead atoms. The molecular weight excluding hydrogens is 480 g/mol. The number of pyridine rings is 1. The molecule has 3 aromatic heterocycles. The first-order chi connectivity index (χ1) is 16.4. The number of anilines is 3. The van der Waals surface area contributed by atoms with Crippen molar-refractivity contribution in [1.29, 1.82) is 0 Å². The zero-order valence-corrected chi connectivity index (χ0v) is 19.7. The van der Waals surface area contributed by atoms with E-state index in [2.05, 4.69) is 30.6 Å². The summed E-state index contributed by atoms with van der Waals surface area (Å²) in [6, 6.07) is 6.28. The molecule has 1 aromatic carbocycles. The Kier molecular flexibility index (Phi) is 5.13. The van der Waals surface area contributed by atoms with Crippen LogP contribution in [0.2, 0.25) is 0 Å². The fraction of sp³-hybridized carbons (Fsp3) is 0.273. The van der Waals surface area contributed by atoms with E-state index in [0.29, 0.717) is 33.9 Å². The first-order valence-corrected chi connectivity index (χ1v) is 12.5. The number of aromatic amines is 1. The third-order valence-corrected chi connectivity index (χ3v) is 6.75. The van der Waals surface area contributed by atoms with E-state index in [1.165, 1.54) is 12.1 Å². The van der Waals surface area contributed by atoms with Crippen molar-refractivity contribution in [1.82, 2.24) is 24.5 Å². The smallest absolute Gasteiger partial charge is 0.260 e. The number of imidazole rings is 2. The lowest BCUT2D eigenvalue weighted by Crippen LogP contribution is -2.18. The van der Waals surface area contributed by atoms with Crippen molar-refractivity contribution in [3.63, 3.8) is 0 Å². The Morgan fingerprint density at radius 3 is 2.60 bits per heavy atom. The van der Waals surface area contributed by atoms with E-state index in [4.69, 9.17) is 0 Å². The zero-order valence-electron chi connectivity index (χ0n) is 18.9. The summed E-state index contributed by atoms with van der Waals surface area (Å²) in [7, 11) is -1.85. The molecule has 0 radical (unpaired) electrons. The molecular formula is C22H21F2N7O3S. The molecule has 1 aliphatic carbocycles. The maximum absolute atomic E-state index is 13.3. The number of fused-ring (bicyclic) bond motifs is 1. The van der Waals surface area contributed by atoms with Crippen LogP contribution >= 0.6 is 0 Å². The van der Waals surface area contributed by atoms with Crippen LogP contribution in [0.25, 0.3) is 22.4 Å². The number of nitrogens with zero attached hydrogens (tertiary/aromatic N) is 4. The average molecular weight is 502 g/mol. The second-order valence-electron chi connectivity index (χ2n) is 8.61. The van der Waals surface area contributed by atoms with Gasteiger partial charge in [-0.15, -0.1) is 0 Å². The molecule has 13 heteroatoms. The van der Waals surface area contributed by atoms with Crippen LogP contribution in [-0.4, -0.2) is 51.0 Å². The van der Waals surface area contributed by atoms with E-state index >= 15 is 0 Å². The molecule has 3 N–H and O–H groups in total. The monoisotopic (exact) mass is 501 g/mol. The number of hydrogen-bond donors (Lipinski definition) is 3. The van der Waals surface area contributed by atoms with Gasteiger partial charge in [-0.2, -0.15) is 0 Å². The summed E-state index contributed by atoms with van der Waals surface area (Å²) >= 11 is 0. The predicted octanol–water partition coefficient (Wildman–Crippen LogP) is 3.41. The van der Waals surface area contributed by atoms with Gasteiger partial charge in [0.25, 0.3) is 5.92 Å². The van der Waals surface area contributed by atoms with Crippen molar-refractivity contribution in [3.05, 3.63) is 42.6 Å². The minimum absolute atomic E-state index is 0.0288. The molecule has 35 heavy (non-hydrogen) atoms. The summed E-state index contributed by atoms with van der Waals surface area (Å²) < 4.78 is 53.6. The van der Waals surface area contributed by atoms with Gasteiger partial charge in [-0.1, -0.05) is 6.07 Å². The van der Waals surface area contributed by atoms with Crippen LogP contribution in [0.5, 0.6) is 0 Å². The van der Waals surface area contributed by atoms with Gasteiger partial charge in [-0.05, 0) is 19.1 Å². The first-order valence-electron chi connectivity index (χ1n) is 10.6. The fourth-order valence-electron chi connectivity index (χ4n) is 3.77. The number of H-pyrrole nitrogens is 1. The quantitative estimate of drug-likeness (QED) is 0.369. The number of carbonyl (C=O) groups is 1. The number of nitrogens with one attached hydrogen (secondary N) is 3. The molecule has 1 amide bonds. The summed E-state index contributed by atoms with van der Waals surface area (Å²) in [4.78, 5) is 28.1. The van der Waals surface area contributed by atoms with Gasteiger partial charge in [0, 0.05) is 37.6 Å². The maximum Gasteiger partial charge on any atom is 0.260 e. The normalized spacial score (nSPS) is 16.9. The first kappa shape index (κ1) is 22.9. The highest BCUT2D eigenvalue weighted by Gasteiger charge is 2.61. The Morgan fingerprint density at radius 2 is 1.97 bits per heavy atom. The van der Waals surface area contributed by atoms with Crippen molar-refractivity contribution >= 4 is 44.1 Å². The SMILES string of the molecule is Cc1nc2c(Nc3ccc(-c4cn(C)cn4)cc3S(C)(=O)=O)cc(NC(=O)[C@@H]3CC3(F)F)nc2[nH]1. The molecule has 0 saturated heterocycles.